The van der Waals surface area contributed by atoms with Crippen LogP contribution >= 0.6 is 0 Å². The number of esters is 2. The molecule has 1 fully saturated rings. The number of hydrogen-bond acceptors (Lipinski definition) is 7. The Bertz CT molecular complexity index is 278. The third-order valence-corrected chi connectivity index (χ3v) is 2.27. The summed E-state index contributed by atoms with van der Waals surface area (Å²) in [4.78, 5) is 21.3. The highest BCUT2D eigenvalue weighted by Gasteiger charge is 2.39. The molecule has 0 saturated carbocycles. The van der Waals surface area contributed by atoms with Gasteiger partial charge in [0.1, 0.15) is 6.61 Å². The molecule has 1 saturated heterocycles. The summed E-state index contributed by atoms with van der Waals surface area (Å²) in [6.07, 6.45) is -4.09. The Balaban J connectivity index is 2.48. The maximum atomic E-state index is 10.7. The number of carbonyl (C=O) groups is 2. The van der Waals surface area contributed by atoms with Gasteiger partial charge in [0.25, 0.3) is 0 Å². The first-order valence-electron chi connectivity index (χ1n) is 5.22. The van der Waals surface area contributed by atoms with Crippen LogP contribution in [0, 0.1) is 0 Å². The smallest absolute Gasteiger partial charge is 0.303 e. The lowest BCUT2D eigenvalue weighted by molar-refractivity contribution is -0.260. The van der Waals surface area contributed by atoms with Crippen LogP contribution in [0.3, 0.4) is 0 Å². The molecule has 4 atom stereocenters. The van der Waals surface area contributed by atoms with Gasteiger partial charge in [0.2, 0.25) is 0 Å². The van der Waals surface area contributed by atoms with Gasteiger partial charge < -0.3 is 24.4 Å². The average molecular weight is 248 g/mol. The lowest BCUT2D eigenvalue weighted by Gasteiger charge is -2.35. The molecule has 0 amide bonds. The summed E-state index contributed by atoms with van der Waals surface area (Å²) in [5.41, 5.74) is 0. The van der Waals surface area contributed by atoms with Crippen molar-refractivity contribution in [2.24, 2.45) is 0 Å². The van der Waals surface area contributed by atoms with Crippen LogP contribution in [0.5, 0.6) is 0 Å². The van der Waals surface area contributed by atoms with Crippen molar-refractivity contribution in [1.82, 2.24) is 0 Å². The zero-order valence-corrected chi connectivity index (χ0v) is 9.66. The maximum Gasteiger partial charge on any atom is 0.303 e. The first-order valence-corrected chi connectivity index (χ1v) is 5.22. The fourth-order valence-electron chi connectivity index (χ4n) is 1.57. The number of ether oxygens (including phenoxy) is 3. The number of hydrogen-bond donors (Lipinski definition) is 2. The van der Waals surface area contributed by atoms with Crippen molar-refractivity contribution in [3.8, 4) is 0 Å². The van der Waals surface area contributed by atoms with Gasteiger partial charge in [0.15, 0.2) is 12.4 Å². The molecule has 0 unspecified atom stereocenters. The quantitative estimate of drug-likeness (QED) is 0.614. The van der Waals surface area contributed by atoms with E-state index in [-0.39, 0.29) is 13.0 Å². The molecule has 1 rings (SSSR count). The molecule has 7 nitrogen and oxygen atoms in total. The minimum Gasteiger partial charge on any atom is -0.463 e. The Hall–Kier alpha value is -1.18. The highest BCUT2D eigenvalue weighted by molar-refractivity contribution is 5.66. The number of aliphatic hydroxyl groups is 2. The summed E-state index contributed by atoms with van der Waals surface area (Å²) in [6, 6.07) is 0. The largest absolute Gasteiger partial charge is 0.463 e. The molecule has 2 N–H and O–H groups in total. The van der Waals surface area contributed by atoms with Crippen LogP contribution in [-0.2, 0) is 23.8 Å². The summed E-state index contributed by atoms with van der Waals surface area (Å²) in [5.74, 6) is -1.09. The molecule has 0 aromatic carbocycles. The first kappa shape index (κ1) is 13.9. The van der Waals surface area contributed by atoms with Gasteiger partial charge in [0, 0.05) is 20.3 Å². The molecular formula is C10H16O7. The van der Waals surface area contributed by atoms with Crippen molar-refractivity contribution in [3.63, 3.8) is 0 Å². The summed E-state index contributed by atoms with van der Waals surface area (Å²) in [7, 11) is 0. The van der Waals surface area contributed by atoms with Crippen molar-refractivity contribution in [2.45, 2.75) is 44.9 Å². The van der Waals surface area contributed by atoms with E-state index in [1.54, 1.807) is 0 Å². The normalized spacial score (nSPS) is 32.9. The van der Waals surface area contributed by atoms with Gasteiger partial charge in [-0.05, 0) is 0 Å². The molecule has 0 aliphatic carbocycles. The van der Waals surface area contributed by atoms with E-state index in [1.165, 1.54) is 13.8 Å². The predicted octanol–water partition coefficient (Wildman–Crippen LogP) is -1.05. The third kappa shape index (κ3) is 4.29. The molecule has 0 aromatic rings. The first-order chi connectivity index (χ1) is 7.90. The second-order valence-corrected chi connectivity index (χ2v) is 3.83. The Labute approximate surface area is 98.3 Å². The summed E-state index contributed by atoms with van der Waals surface area (Å²) >= 11 is 0. The maximum absolute atomic E-state index is 10.7. The second kappa shape index (κ2) is 5.95. The third-order valence-electron chi connectivity index (χ3n) is 2.27. The van der Waals surface area contributed by atoms with Gasteiger partial charge in [0.05, 0.1) is 12.2 Å². The van der Waals surface area contributed by atoms with Crippen LogP contribution in [0.4, 0.5) is 0 Å². The van der Waals surface area contributed by atoms with E-state index in [1.807, 2.05) is 0 Å². The van der Waals surface area contributed by atoms with Gasteiger partial charge >= 0.3 is 11.9 Å². The van der Waals surface area contributed by atoms with Gasteiger partial charge in [-0.15, -0.1) is 0 Å². The molecule has 17 heavy (non-hydrogen) atoms. The van der Waals surface area contributed by atoms with Crippen molar-refractivity contribution in [3.05, 3.63) is 0 Å². The van der Waals surface area contributed by atoms with Crippen LogP contribution in [0.1, 0.15) is 20.3 Å². The van der Waals surface area contributed by atoms with E-state index in [0.29, 0.717) is 0 Å². The molecule has 98 valence electrons. The summed E-state index contributed by atoms with van der Waals surface area (Å²) < 4.78 is 14.5. The van der Waals surface area contributed by atoms with E-state index in [0.717, 1.165) is 0 Å². The monoisotopic (exact) mass is 248 g/mol. The zero-order valence-electron chi connectivity index (χ0n) is 9.66. The second-order valence-electron chi connectivity index (χ2n) is 3.83. The van der Waals surface area contributed by atoms with Crippen LogP contribution in [0.2, 0.25) is 0 Å². The molecule has 0 aromatic heterocycles. The molecule has 1 aliphatic heterocycles. The topological polar surface area (TPSA) is 102 Å². The van der Waals surface area contributed by atoms with Gasteiger partial charge in [-0.25, -0.2) is 0 Å². The van der Waals surface area contributed by atoms with E-state index in [4.69, 9.17) is 14.2 Å². The lowest BCUT2D eigenvalue weighted by atomic mass is 10.0. The van der Waals surface area contributed by atoms with Crippen LogP contribution in [0.15, 0.2) is 0 Å². The van der Waals surface area contributed by atoms with Gasteiger partial charge in [-0.3, -0.25) is 9.59 Å². The molecule has 0 bridgehead atoms. The molecular weight excluding hydrogens is 232 g/mol. The highest BCUT2D eigenvalue weighted by atomic mass is 16.7. The minimum atomic E-state index is -1.43. The minimum absolute atomic E-state index is 0.0593. The van der Waals surface area contributed by atoms with E-state index < -0.39 is 36.5 Å². The molecule has 1 heterocycles. The van der Waals surface area contributed by atoms with Crippen molar-refractivity contribution < 1.29 is 34.0 Å². The zero-order chi connectivity index (χ0) is 13.0. The van der Waals surface area contributed by atoms with Gasteiger partial charge in [-0.1, -0.05) is 0 Å². The van der Waals surface area contributed by atoms with Crippen molar-refractivity contribution >= 4 is 11.9 Å². The van der Waals surface area contributed by atoms with E-state index >= 15 is 0 Å². The Morgan fingerprint density at radius 3 is 2.41 bits per heavy atom. The average Bonchev–Trinajstić information content (AvgIpc) is 2.20. The molecule has 0 radical (unpaired) electrons. The standard InChI is InChI=1S/C10H16O7/c1-5(11)15-4-7-3-8(13)9(10(14)17-7)16-6(2)12/h7-10,13-14H,3-4H2,1-2H3/t7-,8-,9+,10+/m0/s1. The predicted molar refractivity (Wildman–Crippen MR) is 53.7 cm³/mol. The van der Waals surface area contributed by atoms with Crippen LogP contribution in [-0.4, -0.2) is 53.4 Å². The lowest BCUT2D eigenvalue weighted by Crippen LogP contribution is -2.51. The van der Waals surface area contributed by atoms with E-state index in [2.05, 4.69) is 0 Å². The van der Waals surface area contributed by atoms with Crippen molar-refractivity contribution in [1.29, 1.82) is 0 Å². The fourth-order valence-corrected chi connectivity index (χ4v) is 1.57. The summed E-state index contributed by atoms with van der Waals surface area (Å²) in [5, 5.41) is 19.2. The Morgan fingerprint density at radius 1 is 1.29 bits per heavy atom. The fraction of sp³-hybridized carbons (Fsp3) is 0.800. The Kier molecular flexibility index (Phi) is 4.86. The van der Waals surface area contributed by atoms with Crippen molar-refractivity contribution in [2.75, 3.05) is 6.61 Å². The number of rotatable bonds is 3. The van der Waals surface area contributed by atoms with Crippen LogP contribution < -0.4 is 0 Å². The molecule has 1 aliphatic rings. The number of aliphatic hydroxyl groups excluding tert-OH is 2. The number of carbonyl (C=O) groups excluding carboxylic acids is 2. The van der Waals surface area contributed by atoms with Gasteiger partial charge in [-0.2, -0.15) is 0 Å². The van der Waals surface area contributed by atoms with E-state index in [9.17, 15) is 19.8 Å². The van der Waals surface area contributed by atoms with Crippen LogP contribution in [0.25, 0.3) is 0 Å². The SMILES string of the molecule is CC(=O)OC[C@@H]1C[C@H](O)[C@@H](OC(C)=O)[C@H](O)O1. The molecule has 7 heteroatoms. The summed E-state index contributed by atoms with van der Waals surface area (Å²) in [6.45, 7) is 2.36. The highest BCUT2D eigenvalue weighted by Crippen LogP contribution is 2.22. The Morgan fingerprint density at radius 2 is 1.94 bits per heavy atom. The molecule has 0 spiro atoms.